The topological polar surface area (TPSA) is 32.3 Å². The second kappa shape index (κ2) is 2.24. The highest BCUT2D eigenvalue weighted by Crippen LogP contribution is 2.33. The van der Waals surface area contributed by atoms with Gasteiger partial charge < -0.3 is 10.4 Å². The number of hydrogen-bond donors (Lipinski definition) is 2. The van der Waals surface area contributed by atoms with Gasteiger partial charge in [0.15, 0.2) is 0 Å². The Balaban J connectivity index is 2.47. The second-order valence-electron chi connectivity index (χ2n) is 2.97. The van der Waals surface area contributed by atoms with Crippen molar-refractivity contribution < 1.29 is 5.11 Å². The van der Waals surface area contributed by atoms with Crippen molar-refractivity contribution in [3.63, 3.8) is 0 Å². The van der Waals surface area contributed by atoms with E-state index in [1.165, 1.54) is 5.56 Å². The number of nitrogens with one attached hydrogen (secondary N) is 1. The SMILES string of the molecule is CC1c2ccccc2NC1O. The summed E-state index contributed by atoms with van der Waals surface area (Å²) >= 11 is 0. The van der Waals surface area contributed by atoms with Gasteiger partial charge in [0.2, 0.25) is 0 Å². The molecule has 0 radical (unpaired) electrons. The second-order valence-corrected chi connectivity index (χ2v) is 2.97. The lowest BCUT2D eigenvalue weighted by atomic mass is 10.0. The number of para-hydroxylation sites is 1. The third-order valence-corrected chi connectivity index (χ3v) is 2.23. The Kier molecular flexibility index (Phi) is 1.36. The van der Waals surface area contributed by atoms with Crippen LogP contribution in [-0.2, 0) is 0 Å². The van der Waals surface area contributed by atoms with E-state index in [4.69, 9.17) is 0 Å². The first-order valence-corrected chi connectivity index (χ1v) is 3.82. The van der Waals surface area contributed by atoms with Crippen molar-refractivity contribution in [2.45, 2.75) is 19.1 Å². The minimum absolute atomic E-state index is 0.214. The quantitative estimate of drug-likeness (QED) is 0.586. The molecule has 1 aromatic rings. The maximum absolute atomic E-state index is 9.41. The van der Waals surface area contributed by atoms with E-state index < -0.39 is 6.23 Å². The molecule has 1 aliphatic heterocycles. The molecule has 2 nitrogen and oxygen atoms in total. The highest BCUT2D eigenvalue weighted by molar-refractivity contribution is 5.57. The summed E-state index contributed by atoms with van der Waals surface area (Å²) in [5.74, 6) is 0.214. The fourth-order valence-electron chi connectivity index (χ4n) is 1.48. The summed E-state index contributed by atoms with van der Waals surface area (Å²) in [5, 5.41) is 12.4. The van der Waals surface area contributed by atoms with Crippen molar-refractivity contribution in [3.05, 3.63) is 29.8 Å². The Morgan fingerprint density at radius 3 is 2.82 bits per heavy atom. The average Bonchev–Trinajstić information content (AvgIpc) is 2.30. The maximum Gasteiger partial charge on any atom is 0.131 e. The van der Waals surface area contributed by atoms with E-state index in [1.54, 1.807) is 0 Å². The fraction of sp³-hybridized carbons (Fsp3) is 0.333. The van der Waals surface area contributed by atoms with E-state index >= 15 is 0 Å². The van der Waals surface area contributed by atoms with Gasteiger partial charge >= 0.3 is 0 Å². The minimum Gasteiger partial charge on any atom is -0.373 e. The molecule has 2 unspecified atom stereocenters. The van der Waals surface area contributed by atoms with Crippen LogP contribution in [0.3, 0.4) is 0 Å². The molecule has 1 heterocycles. The van der Waals surface area contributed by atoms with E-state index in [-0.39, 0.29) is 5.92 Å². The van der Waals surface area contributed by atoms with Gasteiger partial charge in [-0.25, -0.2) is 0 Å². The van der Waals surface area contributed by atoms with Crippen molar-refractivity contribution in [2.75, 3.05) is 5.32 Å². The van der Waals surface area contributed by atoms with E-state index in [2.05, 4.69) is 5.32 Å². The van der Waals surface area contributed by atoms with E-state index in [9.17, 15) is 5.11 Å². The van der Waals surface area contributed by atoms with Gasteiger partial charge in [0.1, 0.15) is 6.23 Å². The molecule has 11 heavy (non-hydrogen) atoms. The zero-order chi connectivity index (χ0) is 7.84. The molecule has 0 spiro atoms. The normalized spacial score (nSPS) is 27.8. The van der Waals surface area contributed by atoms with Gasteiger partial charge in [-0.3, -0.25) is 0 Å². The van der Waals surface area contributed by atoms with Crippen LogP contribution in [0.1, 0.15) is 18.4 Å². The molecule has 0 amide bonds. The number of aliphatic hydroxyl groups excluding tert-OH is 1. The zero-order valence-corrected chi connectivity index (χ0v) is 6.41. The highest BCUT2D eigenvalue weighted by atomic mass is 16.3. The molecule has 2 rings (SSSR count). The summed E-state index contributed by atoms with van der Waals surface area (Å²) in [5.41, 5.74) is 2.27. The molecule has 58 valence electrons. The van der Waals surface area contributed by atoms with Crippen LogP contribution >= 0.6 is 0 Å². The molecule has 0 saturated carbocycles. The number of rotatable bonds is 0. The van der Waals surface area contributed by atoms with E-state index in [0.717, 1.165) is 5.69 Å². The van der Waals surface area contributed by atoms with Gasteiger partial charge in [0, 0.05) is 11.6 Å². The first-order chi connectivity index (χ1) is 5.29. The number of fused-ring (bicyclic) bond motifs is 1. The lowest BCUT2D eigenvalue weighted by molar-refractivity contribution is 0.187. The monoisotopic (exact) mass is 149 g/mol. The van der Waals surface area contributed by atoms with Crippen molar-refractivity contribution in [1.82, 2.24) is 0 Å². The minimum atomic E-state index is -0.410. The van der Waals surface area contributed by atoms with Gasteiger partial charge in [-0.1, -0.05) is 25.1 Å². The Labute approximate surface area is 65.9 Å². The summed E-state index contributed by atoms with van der Waals surface area (Å²) in [6.07, 6.45) is -0.410. The Hall–Kier alpha value is -1.02. The fourth-order valence-corrected chi connectivity index (χ4v) is 1.48. The van der Waals surface area contributed by atoms with Gasteiger partial charge in [-0.05, 0) is 11.6 Å². The molecule has 2 heteroatoms. The van der Waals surface area contributed by atoms with Crippen LogP contribution in [0.25, 0.3) is 0 Å². The van der Waals surface area contributed by atoms with Crippen molar-refractivity contribution in [1.29, 1.82) is 0 Å². The first kappa shape index (κ1) is 6.68. The lowest BCUT2D eigenvalue weighted by Gasteiger charge is -2.07. The molecule has 2 N–H and O–H groups in total. The largest absolute Gasteiger partial charge is 0.373 e. The van der Waals surface area contributed by atoms with Crippen LogP contribution in [0.5, 0.6) is 0 Å². The Bertz CT molecular complexity index is 272. The van der Waals surface area contributed by atoms with Gasteiger partial charge in [-0.15, -0.1) is 0 Å². The standard InChI is InChI=1S/C9H11NO/c1-6-7-4-2-3-5-8(7)10-9(6)11/h2-6,9-11H,1H3. The molecule has 0 aromatic heterocycles. The van der Waals surface area contributed by atoms with E-state index in [1.807, 2.05) is 31.2 Å². The molecule has 2 atom stereocenters. The number of aliphatic hydroxyl groups is 1. The maximum atomic E-state index is 9.41. The summed E-state index contributed by atoms with van der Waals surface area (Å²) in [6.45, 7) is 2.02. The molecule has 0 saturated heterocycles. The van der Waals surface area contributed by atoms with Gasteiger partial charge in [0.25, 0.3) is 0 Å². The van der Waals surface area contributed by atoms with Crippen LogP contribution in [0.15, 0.2) is 24.3 Å². The van der Waals surface area contributed by atoms with Crippen LogP contribution in [0.4, 0.5) is 5.69 Å². The molecular weight excluding hydrogens is 138 g/mol. The summed E-state index contributed by atoms with van der Waals surface area (Å²) in [4.78, 5) is 0. The van der Waals surface area contributed by atoms with Crippen molar-refractivity contribution >= 4 is 5.69 Å². The Morgan fingerprint density at radius 1 is 1.36 bits per heavy atom. The average molecular weight is 149 g/mol. The third-order valence-electron chi connectivity index (χ3n) is 2.23. The first-order valence-electron chi connectivity index (χ1n) is 3.82. The number of hydrogen-bond acceptors (Lipinski definition) is 2. The predicted octanol–water partition coefficient (Wildman–Crippen LogP) is 1.53. The third kappa shape index (κ3) is 0.906. The van der Waals surface area contributed by atoms with Crippen LogP contribution in [-0.4, -0.2) is 11.3 Å². The number of anilines is 1. The Morgan fingerprint density at radius 2 is 2.09 bits per heavy atom. The molecule has 1 aliphatic rings. The summed E-state index contributed by atoms with van der Waals surface area (Å²) in [6, 6.07) is 8.00. The molecular formula is C9H11NO. The molecule has 0 fully saturated rings. The van der Waals surface area contributed by atoms with Crippen LogP contribution < -0.4 is 5.32 Å². The van der Waals surface area contributed by atoms with Crippen LogP contribution in [0, 0.1) is 0 Å². The molecule has 0 bridgehead atoms. The van der Waals surface area contributed by atoms with Gasteiger partial charge in [0.05, 0.1) is 0 Å². The molecule has 1 aromatic carbocycles. The lowest BCUT2D eigenvalue weighted by Crippen LogP contribution is -2.16. The van der Waals surface area contributed by atoms with E-state index in [0.29, 0.717) is 0 Å². The van der Waals surface area contributed by atoms with Crippen molar-refractivity contribution in [2.24, 2.45) is 0 Å². The van der Waals surface area contributed by atoms with Crippen molar-refractivity contribution in [3.8, 4) is 0 Å². The molecule has 0 aliphatic carbocycles. The summed E-state index contributed by atoms with van der Waals surface area (Å²) in [7, 11) is 0. The smallest absolute Gasteiger partial charge is 0.131 e. The van der Waals surface area contributed by atoms with Crippen LogP contribution in [0.2, 0.25) is 0 Å². The zero-order valence-electron chi connectivity index (χ0n) is 6.41. The number of benzene rings is 1. The predicted molar refractivity (Wildman–Crippen MR) is 44.5 cm³/mol. The van der Waals surface area contributed by atoms with Gasteiger partial charge in [-0.2, -0.15) is 0 Å². The highest BCUT2D eigenvalue weighted by Gasteiger charge is 2.25. The summed E-state index contributed by atoms with van der Waals surface area (Å²) < 4.78 is 0.